The van der Waals surface area contributed by atoms with Gasteiger partial charge in [0.15, 0.2) is 0 Å². The predicted octanol–water partition coefficient (Wildman–Crippen LogP) is 4.90. The van der Waals surface area contributed by atoms with Crippen molar-refractivity contribution in [1.29, 1.82) is 0 Å². The van der Waals surface area contributed by atoms with E-state index in [1.165, 1.54) is 45.5 Å². The SMILES string of the molecule is C.CCOC(=O)N1CCC(N)CC1.CCOC(=O)N1CCC(Nc2ncc(C(=O)c3cc(F)ccc3OC)c(N)n2)CC1.CCS(=O)(=O)c1ncc(C(=O)c2cc(F)ccc2OC)c(N)n1. The number of nitrogens with two attached hydrogens (primary N) is 3. The summed E-state index contributed by atoms with van der Waals surface area (Å²) in [5, 5.41) is 2.72. The van der Waals surface area contributed by atoms with Crippen LogP contribution >= 0.6 is 0 Å². The lowest BCUT2D eigenvalue weighted by Crippen LogP contribution is -2.43. The second kappa shape index (κ2) is 25.1. The van der Waals surface area contributed by atoms with Crippen molar-refractivity contribution in [3.63, 3.8) is 0 Å². The highest BCUT2D eigenvalue weighted by Gasteiger charge is 2.26. The predicted molar refractivity (Wildman–Crippen MR) is 241 cm³/mol. The molecule has 66 heavy (non-hydrogen) atoms. The molecule has 6 rings (SSSR count). The van der Waals surface area contributed by atoms with Gasteiger partial charge in [-0.2, -0.15) is 4.98 Å². The van der Waals surface area contributed by atoms with Crippen molar-refractivity contribution in [2.24, 2.45) is 5.73 Å². The zero-order valence-corrected chi connectivity index (χ0v) is 37.5. The molecule has 0 unspecified atom stereocenters. The number of nitrogen functional groups attached to an aromatic ring is 2. The summed E-state index contributed by atoms with van der Waals surface area (Å²) in [5.74, 6) is -2.24. The van der Waals surface area contributed by atoms with Gasteiger partial charge in [0.2, 0.25) is 32.5 Å². The molecule has 0 spiro atoms. The number of hydrogen-bond acceptors (Lipinski definition) is 18. The average molecular weight is 945 g/mol. The largest absolute Gasteiger partial charge is 0.496 e. The number of hydrogen-bond donors (Lipinski definition) is 4. The minimum atomic E-state index is -3.65. The lowest BCUT2D eigenvalue weighted by molar-refractivity contribution is 0.0969. The van der Waals surface area contributed by atoms with Gasteiger partial charge in [0.25, 0.3) is 0 Å². The zero-order valence-electron chi connectivity index (χ0n) is 36.7. The topological polar surface area (TPSA) is 287 Å². The third-order valence-electron chi connectivity index (χ3n) is 9.99. The summed E-state index contributed by atoms with van der Waals surface area (Å²) >= 11 is 0. The number of ether oxygens (including phenoxy) is 4. The molecule has 360 valence electrons. The van der Waals surface area contributed by atoms with Crippen LogP contribution in [0.1, 0.15) is 85.7 Å². The van der Waals surface area contributed by atoms with Crippen molar-refractivity contribution < 1.29 is 55.3 Å². The molecule has 0 aliphatic carbocycles. The number of sulfone groups is 1. The van der Waals surface area contributed by atoms with Gasteiger partial charge in [-0.3, -0.25) is 9.59 Å². The molecule has 0 bridgehead atoms. The zero-order chi connectivity index (χ0) is 47.8. The molecule has 23 heteroatoms. The number of carbonyl (C=O) groups excluding carboxylic acids is 4. The number of benzene rings is 2. The first-order valence-electron chi connectivity index (χ1n) is 20.6. The van der Waals surface area contributed by atoms with E-state index in [2.05, 4.69) is 25.3 Å². The Kier molecular flexibility index (Phi) is 20.4. The smallest absolute Gasteiger partial charge is 0.409 e. The summed E-state index contributed by atoms with van der Waals surface area (Å²) in [5.41, 5.74) is 17.2. The second-order valence-corrected chi connectivity index (χ2v) is 16.5. The Morgan fingerprint density at radius 2 is 1.15 bits per heavy atom. The third-order valence-corrected chi connectivity index (χ3v) is 11.5. The van der Waals surface area contributed by atoms with E-state index in [9.17, 15) is 36.4 Å². The maximum atomic E-state index is 13.6. The van der Waals surface area contributed by atoms with Crippen molar-refractivity contribution >= 4 is 51.2 Å². The molecule has 0 saturated carbocycles. The number of methoxy groups -OCH3 is 2. The van der Waals surface area contributed by atoms with E-state index in [1.807, 2.05) is 6.92 Å². The Morgan fingerprint density at radius 1 is 0.712 bits per heavy atom. The van der Waals surface area contributed by atoms with E-state index < -0.39 is 38.2 Å². The van der Waals surface area contributed by atoms with E-state index >= 15 is 0 Å². The maximum absolute atomic E-state index is 13.6. The van der Waals surface area contributed by atoms with Crippen LogP contribution in [0.25, 0.3) is 0 Å². The van der Waals surface area contributed by atoms with Gasteiger partial charge in [0.1, 0.15) is 34.8 Å². The second-order valence-electron chi connectivity index (χ2n) is 14.3. The molecule has 7 N–H and O–H groups in total. The molecule has 0 radical (unpaired) electrons. The molecular weight excluding hydrogens is 887 g/mol. The van der Waals surface area contributed by atoms with Crippen LogP contribution in [0, 0.1) is 11.6 Å². The number of aromatic nitrogens is 4. The quantitative estimate of drug-likeness (QED) is 0.108. The third kappa shape index (κ3) is 14.4. The van der Waals surface area contributed by atoms with E-state index in [-0.39, 0.29) is 88.8 Å². The molecule has 2 fully saturated rings. The molecule has 2 amide bonds. The fraction of sp³-hybridized carbons (Fsp3) is 0.442. The van der Waals surface area contributed by atoms with Crippen molar-refractivity contribution in [2.75, 3.05) is 76.1 Å². The van der Waals surface area contributed by atoms with E-state index in [4.69, 9.17) is 36.1 Å². The number of carbonyl (C=O) groups is 4. The number of rotatable bonds is 12. The van der Waals surface area contributed by atoms with Crippen molar-refractivity contribution in [3.8, 4) is 11.5 Å². The fourth-order valence-electron chi connectivity index (χ4n) is 6.38. The van der Waals surface area contributed by atoms with E-state index in [0.717, 1.165) is 50.3 Å². The van der Waals surface area contributed by atoms with Crippen LogP contribution in [0.4, 0.5) is 36.0 Å². The first kappa shape index (κ1) is 53.6. The highest BCUT2D eigenvalue weighted by Crippen LogP contribution is 2.27. The van der Waals surface area contributed by atoms with E-state index in [0.29, 0.717) is 39.1 Å². The fourth-order valence-corrected chi connectivity index (χ4v) is 7.09. The van der Waals surface area contributed by atoms with Gasteiger partial charge >= 0.3 is 12.2 Å². The summed E-state index contributed by atoms with van der Waals surface area (Å²) in [7, 11) is -0.918. The van der Waals surface area contributed by atoms with E-state index in [1.54, 1.807) is 16.7 Å². The van der Waals surface area contributed by atoms with Crippen molar-refractivity contribution in [3.05, 3.63) is 82.7 Å². The summed E-state index contributed by atoms with van der Waals surface area (Å²) in [6.07, 6.45) is 4.98. The Morgan fingerprint density at radius 3 is 1.56 bits per heavy atom. The van der Waals surface area contributed by atoms with Gasteiger partial charge in [-0.25, -0.2) is 41.7 Å². The number of nitrogens with one attached hydrogen (secondary N) is 1. The number of likely N-dealkylation sites (tertiary alicyclic amines) is 2. The Labute approximate surface area is 382 Å². The molecule has 2 aromatic carbocycles. The van der Waals surface area contributed by atoms with Crippen LogP contribution in [0.3, 0.4) is 0 Å². The number of piperidine rings is 2. The van der Waals surface area contributed by atoms with Crippen LogP contribution in [0.15, 0.2) is 53.9 Å². The number of amides is 2. The number of anilines is 3. The van der Waals surface area contributed by atoms with Gasteiger partial charge < -0.3 is 51.3 Å². The minimum Gasteiger partial charge on any atom is -0.496 e. The first-order valence-corrected chi connectivity index (χ1v) is 22.2. The summed E-state index contributed by atoms with van der Waals surface area (Å²) < 4.78 is 70.4. The highest BCUT2D eigenvalue weighted by molar-refractivity contribution is 7.91. The summed E-state index contributed by atoms with van der Waals surface area (Å²) in [6.45, 7) is 8.40. The van der Waals surface area contributed by atoms with Crippen LogP contribution in [-0.4, -0.2) is 133 Å². The van der Waals surface area contributed by atoms with Gasteiger partial charge in [0, 0.05) is 50.7 Å². The Bertz CT molecular complexity index is 2420. The number of halogens is 2. The molecule has 2 aliphatic rings. The number of nitrogens with zero attached hydrogens (tertiary/aromatic N) is 6. The van der Waals surface area contributed by atoms with Crippen LogP contribution in [0.2, 0.25) is 0 Å². The lowest BCUT2D eigenvalue weighted by atomic mass is 10.0. The van der Waals surface area contributed by atoms with Crippen molar-refractivity contribution in [1.82, 2.24) is 29.7 Å². The minimum absolute atomic E-state index is 0. The van der Waals surface area contributed by atoms with Gasteiger partial charge in [-0.15, -0.1) is 0 Å². The lowest BCUT2D eigenvalue weighted by Gasteiger charge is -2.31. The number of ketones is 2. The first-order chi connectivity index (χ1) is 31.0. The van der Waals surface area contributed by atoms with Crippen LogP contribution < -0.4 is 32.0 Å². The average Bonchev–Trinajstić information content (AvgIpc) is 3.29. The molecule has 2 aliphatic heterocycles. The molecule has 4 heterocycles. The monoisotopic (exact) mass is 944 g/mol. The Hall–Kier alpha value is -6.75. The molecule has 4 aromatic rings. The summed E-state index contributed by atoms with van der Waals surface area (Å²) in [6, 6.07) is 7.42. The molecule has 0 atom stereocenters. The molecule has 2 aromatic heterocycles. The molecule has 20 nitrogen and oxygen atoms in total. The Balaban J connectivity index is 0.000000284. The molecular formula is C43H58F2N10O10S. The van der Waals surface area contributed by atoms with Gasteiger partial charge in [0.05, 0.1) is 55.4 Å². The highest BCUT2D eigenvalue weighted by atomic mass is 32.2. The summed E-state index contributed by atoms with van der Waals surface area (Å²) in [4.78, 5) is 67.2. The maximum Gasteiger partial charge on any atom is 0.409 e. The van der Waals surface area contributed by atoms with Crippen LogP contribution in [0.5, 0.6) is 11.5 Å². The molecule has 2 saturated heterocycles. The van der Waals surface area contributed by atoms with Crippen LogP contribution in [-0.2, 0) is 19.3 Å². The van der Waals surface area contributed by atoms with Gasteiger partial charge in [-0.1, -0.05) is 14.4 Å². The van der Waals surface area contributed by atoms with Gasteiger partial charge in [-0.05, 0) is 75.9 Å². The normalized spacial score (nSPS) is 13.9. The standard InChI is InChI=1S/C20H24FN5O4.C14H14FN3O4S.C8H16N2O2.CH4/c1-3-30-20(28)26-8-6-13(7-9-26)24-19-23-11-15(18(22)25-19)17(27)14-10-12(21)4-5-16(14)29-2;1-3-23(20,21)14-17-7-10(13(16)18-14)12(19)9-6-8(15)4-5-11(9)22-2;1-2-12-8(11)10-5-3-7(9)4-6-10;/h4-5,10-11,13H,3,6-9H2,1-2H3,(H3,22,23,24,25);4-7H,3H2,1-2H3,(H2,16,17,18);7H,2-6,9H2,1H3;1H4. The van der Waals surface area contributed by atoms with Crippen molar-refractivity contribution in [2.45, 2.75) is 71.1 Å².